The summed E-state index contributed by atoms with van der Waals surface area (Å²) in [5, 5.41) is 17.1. The molecule has 0 aliphatic rings. The molecule has 1 heterocycles. The summed E-state index contributed by atoms with van der Waals surface area (Å²) >= 11 is 1.22. The number of aliphatic carboxylic acids is 1. The molecule has 1 aromatic rings. The lowest BCUT2D eigenvalue weighted by Gasteiger charge is -2.14. The van der Waals surface area contributed by atoms with Crippen LogP contribution < -0.4 is 5.73 Å². The van der Waals surface area contributed by atoms with E-state index in [2.05, 4.69) is 10.2 Å². The molecule has 0 saturated heterocycles. The van der Waals surface area contributed by atoms with E-state index in [0.717, 1.165) is 0 Å². The zero-order chi connectivity index (χ0) is 13.0. The largest absolute Gasteiger partial charge is 0.480 e. The summed E-state index contributed by atoms with van der Waals surface area (Å²) < 4.78 is 1.89. The number of carboxylic acid groups (broad SMARTS) is 1. The van der Waals surface area contributed by atoms with Gasteiger partial charge in [-0.25, -0.2) is 0 Å². The van der Waals surface area contributed by atoms with Gasteiger partial charge in [0, 0.05) is 6.04 Å². The van der Waals surface area contributed by atoms with Crippen LogP contribution in [0.2, 0.25) is 0 Å². The third-order valence-corrected chi connectivity index (χ3v) is 3.64. The fraction of sp³-hybridized carbons (Fsp3) is 0.700. The van der Waals surface area contributed by atoms with Gasteiger partial charge in [-0.3, -0.25) is 4.79 Å². The maximum Gasteiger partial charge on any atom is 0.317 e. The van der Waals surface area contributed by atoms with E-state index in [9.17, 15) is 4.79 Å². The van der Waals surface area contributed by atoms with Gasteiger partial charge in [0.25, 0.3) is 0 Å². The van der Waals surface area contributed by atoms with Crippen molar-refractivity contribution in [3.63, 3.8) is 0 Å². The molecule has 0 fully saturated rings. The van der Waals surface area contributed by atoms with E-state index in [1.807, 2.05) is 25.3 Å². The lowest BCUT2D eigenvalue weighted by Crippen LogP contribution is -2.17. The minimum absolute atomic E-state index is 0.164. The summed E-state index contributed by atoms with van der Waals surface area (Å²) in [5.41, 5.74) is 5.58. The molecule has 0 radical (unpaired) electrons. The van der Waals surface area contributed by atoms with Gasteiger partial charge in [0.1, 0.15) is 11.1 Å². The van der Waals surface area contributed by atoms with E-state index in [-0.39, 0.29) is 6.04 Å². The molecule has 3 N–H and O–H groups in total. The Morgan fingerprint density at radius 1 is 1.53 bits per heavy atom. The van der Waals surface area contributed by atoms with Crippen molar-refractivity contribution in [1.82, 2.24) is 14.8 Å². The average molecular weight is 258 g/mol. The van der Waals surface area contributed by atoms with Crippen molar-refractivity contribution in [2.24, 2.45) is 5.73 Å². The average Bonchev–Trinajstić information content (AvgIpc) is 2.68. The van der Waals surface area contributed by atoms with Crippen LogP contribution in [0.3, 0.4) is 0 Å². The SMILES string of the molecule is CCC(Sc1nnc(CN)n1C(C)C)C(=O)O. The first-order valence-electron chi connectivity index (χ1n) is 5.54. The first kappa shape index (κ1) is 14.0. The molecule has 0 aliphatic carbocycles. The van der Waals surface area contributed by atoms with Crippen molar-refractivity contribution in [3.05, 3.63) is 5.82 Å². The van der Waals surface area contributed by atoms with Crippen LogP contribution in [-0.4, -0.2) is 31.1 Å². The van der Waals surface area contributed by atoms with Gasteiger partial charge < -0.3 is 15.4 Å². The minimum Gasteiger partial charge on any atom is -0.480 e. The second kappa shape index (κ2) is 6.02. The molecule has 1 unspecified atom stereocenters. The number of carboxylic acids is 1. The molecule has 1 atom stereocenters. The number of aromatic nitrogens is 3. The summed E-state index contributed by atoms with van der Waals surface area (Å²) in [6.07, 6.45) is 0.545. The maximum absolute atomic E-state index is 11.0. The van der Waals surface area contributed by atoms with E-state index in [1.54, 1.807) is 0 Å². The van der Waals surface area contributed by atoms with Gasteiger partial charge >= 0.3 is 5.97 Å². The zero-order valence-electron chi connectivity index (χ0n) is 10.3. The van der Waals surface area contributed by atoms with Crippen molar-refractivity contribution in [2.75, 3.05) is 0 Å². The number of hydrogen-bond acceptors (Lipinski definition) is 5. The first-order valence-corrected chi connectivity index (χ1v) is 6.42. The fourth-order valence-electron chi connectivity index (χ4n) is 1.48. The van der Waals surface area contributed by atoms with Crippen LogP contribution in [0.1, 0.15) is 39.1 Å². The highest BCUT2D eigenvalue weighted by atomic mass is 32.2. The van der Waals surface area contributed by atoms with Crippen molar-refractivity contribution >= 4 is 17.7 Å². The molecule has 1 aromatic heterocycles. The summed E-state index contributed by atoms with van der Waals surface area (Å²) in [7, 11) is 0. The molecular formula is C10H18N4O2S. The van der Waals surface area contributed by atoms with Crippen molar-refractivity contribution in [2.45, 2.75) is 50.2 Å². The Bertz CT molecular complexity index is 392. The van der Waals surface area contributed by atoms with Crippen LogP contribution in [0.25, 0.3) is 0 Å². The Morgan fingerprint density at radius 3 is 2.59 bits per heavy atom. The number of hydrogen-bond donors (Lipinski definition) is 2. The van der Waals surface area contributed by atoms with Crippen LogP contribution in [0.15, 0.2) is 5.16 Å². The molecule has 17 heavy (non-hydrogen) atoms. The van der Waals surface area contributed by atoms with E-state index in [1.165, 1.54) is 11.8 Å². The third-order valence-electron chi connectivity index (χ3n) is 2.33. The second-order valence-electron chi connectivity index (χ2n) is 3.92. The topological polar surface area (TPSA) is 94.0 Å². The lowest BCUT2D eigenvalue weighted by molar-refractivity contribution is -0.136. The highest BCUT2D eigenvalue weighted by Gasteiger charge is 2.22. The van der Waals surface area contributed by atoms with Crippen molar-refractivity contribution in [3.8, 4) is 0 Å². The smallest absolute Gasteiger partial charge is 0.317 e. The monoisotopic (exact) mass is 258 g/mol. The molecule has 0 spiro atoms. The number of nitrogens with zero attached hydrogens (tertiary/aromatic N) is 3. The molecule has 0 bridgehead atoms. The molecule has 96 valence electrons. The second-order valence-corrected chi connectivity index (χ2v) is 5.09. The molecule has 0 amide bonds. The summed E-state index contributed by atoms with van der Waals surface area (Å²) in [6.45, 7) is 6.13. The predicted molar refractivity (Wildman–Crippen MR) is 65.9 cm³/mol. The highest BCUT2D eigenvalue weighted by molar-refractivity contribution is 8.00. The van der Waals surface area contributed by atoms with E-state index >= 15 is 0 Å². The van der Waals surface area contributed by atoms with Gasteiger partial charge in [-0.2, -0.15) is 0 Å². The molecule has 1 rings (SSSR count). The quantitative estimate of drug-likeness (QED) is 0.746. The normalized spacial score (nSPS) is 13.0. The third kappa shape index (κ3) is 3.19. The summed E-state index contributed by atoms with van der Waals surface area (Å²) in [6, 6.07) is 0.164. The predicted octanol–water partition coefficient (Wildman–Crippen LogP) is 1.27. The highest BCUT2D eigenvalue weighted by Crippen LogP contribution is 2.27. The summed E-state index contributed by atoms with van der Waals surface area (Å²) in [5.74, 6) is -0.146. The van der Waals surface area contributed by atoms with Crippen LogP contribution >= 0.6 is 11.8 Å². The number of rotatable bonds is 6. The summed E-state index contributed by atoms with van der Waals surface area (Å²) in [4.78, 5) is 11.0. The van der Waals surface area contributed by atoms with Crippen LogP contribution in [0.4, 0.5) is 0 Å². The number of thioether (sulfide) groups is 1. The maximum atomic E-state index is 11.0. The van der Waals surface area contributed by atoms with E-state index in [4.69, 9.17) is 10.8 Å². The zero-order valence-corrected chi connectivity index (χ0v) is 11.1. The van der Waals surface area contributed by atoms with Gasteiger partial charge in [-0.05, 0) is 20.3 Å². The van der Waals surface area contributed by atoms with E-state index in [0.29, 0.717) is 23.9 Å². The Hall–Kier alpha value is -1.08. The molecule has 7 heteroatoms. The van der Waals surface area contributed by atoms with Gasteiger partial charge in [0.05, 0.1) is 6.54 Å². The Morgan fingerprint density at radius 2 is 2.18 bits per heavy atom. The van der Waals surface area contributed by atoms with Crippen LogP contribution in [0, 0.1) is 0 Å². The lowest BCUT2D eigenvalue weighted by atomic mass is 10.3. The molecular weight excluding hydrogens is 240 g/mol. The molecule has 0 aliphatic heterocycles. The molecule has 0 saturated carbocycles. The number of nitrogens with two attached hydrogens (primary N) is 1. The molecule has 6 nitrogen and oxygen atoms in total. The Labute approximate surface area is 105 Å². The first-order chi connectivity index (χ1) is 8.01. The fourth-order valence-corrected chi connectivity index (χ4v) is 2.52. The standard InChI is InChI=1S/C10H18N4O2S/c1-4-7(9(15)16)17-10-13-12-8(5-11)14(10)6(2)3/h6-7H,4-5,11H2,1-3H3,(H,15,16). The Kier molecular flexibility index (Phi) is 4.95. The van der Waals surface area contributed by atoms with Crippen molar-refractivity contribution in [1.29, 1.82) is 0 Å². The van der Waals surface area contributed by atoms with Gasteiger partial charge in [-0.15, -0.1) is 10.2 Å². The number of carbonyl (C=O) groups is 1. The van der Waals surface area contributed by atoms with Gasteiger partial charge in [0.2, 0.25) is 0 Å². The van der Waals surface area contributed by atoms with Gasteiger partial charge in [-0.1, -0.05) is 18.7 Å². The Balaban J connectivity index is 2.98. The van der Waals surface area contributed by atoms with E-state index < -0.39 is 11.2 Å². The molecule has 0 aromatic carbocycles. The van der Waals surface area contributed by atoms with Crippen molar-refractivity contribution < 1.29 is 9.90 Å². The van der Waals surface area contributed by atoms with Gasteiger partial charge in [0.15, 0.2) is 5.16 Å². The minimum atomic E-state index is -0.829. The van der Waals surface area contributed by atoms with Crippen LogP contribution in [0.5, 0.6) is 0 Å². The van der Waals surface area contributed by atoms with Crippen LogP contribution in [-0.2, 0) is 11.3 Å².